The number of hydrogen-bond acceptors (Lipinski definition) is 2. The molecule has 0 aliphatic carbocycles. The number of aliphatic hydroxyl groups excluding tert-OH is 1. The van der Waals surface area contributed by atoms with Gasteiger partial charge >= 0.3 is 6.03 Å². The van der Waals surface area contributed by atoms with Crippen molar-refractivity contribution in [1.82, 2.24) is 10.2 Å². The molecule has 1 aliphatic rings. The topological polar surface area (TPSA) is 52.6 Å². The van der Waals surface area contributed by atoms with Gasteiger partial charge in [0.05, 0.1) is 0 Å². The van der Waals surface area contributed by atoms with Gasteiger partial charge < -0.3 is 15.3 Å². The quantitative estimate of drug-likeness (QED) is 0.849. The summed E-state index contributed by atoms with van der Waals surface area (Å²) in [5.74, 6) is 0.679. The molecular weight excluding hydrogens is 276 g/mol. The summed E-state index contributed by atoms with van der Waals surface area (Å²) in [5, 5.41) is 11.8. The molecule has 1 aromatic rings. The van der Waals surface area contributed by atoms with E-state index in [2.05, 4.69) is 35.6 Å². The van der Waals surface area contributed by atoms with Gasteiger partial charge in [0, 0.05) is 25.7 Å². The van der Waals surface area contributed by atoms with Crippen molar-refractivity contribution in [1.29, 1.82) is 0 Å². The number of aliphatic hydroxyl groups is 1. The number of urea groups is 1. The maximum atomic E-state index is 12.2. The Labute approximate surface area is 133 Å². The number of benzene rings is 1. The average Bonchev–Trinajstić information content (AvgIpc) is 2.54. The second-order valence-corrected chi connectivity index (χ2v) is 6.34. The largest absolute Gasteiger partial charge is 0.396 e. The van der Waals surface area contributed by atoms with Crippen LogP contribution >= 0.6 is 0 Å². The van der Waals surface area contributed by atoms with Crippen LogP contribution < -0.4 is 5.32 Å². The van der Waals surface area contributed by atoms with E-state index in [9.17, 15) is 4.79 Å². The van der Waals surface area contributed by atoms with Crippen molar-refractivity contribution in [3.8, 4) is 0 Å². The average molecular weight is 304 g/mol. The first kappa shape index (κ1) is 16.8. The Kier molecular flexibility index (Phi) is 6.72. The normalized spacial score (nSPS) is 17.3. The molecule has 2 rings (SSSR count). The maximum absolute atomic E-state index is 12.2. The van der Waals surface area contributed by atoms with Gasteiger partial charge in [-0.1, -0.05) is 30.3 Å². The molecule has 1 heterocycles. The van der Waals surface area contributed by atoms with E-state index in [0.29, 0.717) is 5.92 Å². The van der Waals surface area contributed by atoms with Gasteiger partial charge in [0.25, 0.3) is 0 Å². The summed E-state index contributed by atoms with van der Waals surface area (Å²) in [6.07, 6.45) is 4.83. The van der Waals surface area contributed by atoms with E-state index < -0.39 is 0 Å². The van der Waals surface area contributed by atoms with Gasteiger partial charge in [-0.3, -0.25) is 0 Å². The Morgan fingerprint density at radius 1 is 1.32 bits per heavy atom. The highest BCUT2D eigenvalue weighted by molar-refractivity contribution is 5.74. The number of likely N-dealkylation sites (tertiary alicyclic amines) is 1. The van der Waals surface area contributed by atoms with Crippen LogP contribution in [0, 0.1) is 5.92 Å². The molecule has 122 valence electrons. The number of amides is 2. The predicted molar refractivity (Wildman–Crippen MR) is 88.8 cm³/mol. The van der Waals surface area contributed by atoms with E-state index in [1.54, 1.807) is 0 Å². The summed E-state index contributed by atoms with van der Waals surface area (Å²) in [7, 11) is 0. The van der Waals surface area contributed by atoms with Gasteiger partial charge in [-0.05, 0) is 50.5 Å². The number of hydrogen-bond donors (Lipinski definition) is 2. The molecule has 4 nitrogen and oxygen atoms in total. The number of piperidine rings is 1. The highest BCUT2D eigenvalue weighted by Gasteiger charge is 2.23. The van der Waals surface area contributed by atoms with Crippen molar-refractivity contribution in [3.63, 3.8) is 0 Å². The molecule has 1 atom stereocenters. The fourth-order valence-corrected chi connectivity index (χ4v) is 3.06. The lowest BCUT2D eigenvalue weighted by molar-refractivity contribution is 0.166. The molecule has 1 aliphatic heterocycles. The lowest BCUT2D eigenvalue weighted by Gasteiger charge is -2.33. The van der Waals surface area contributed by atoms with Gasteiger partial charge in [0.15, 0.2) is 0 Å². The van der Waals surface area contributed by atoms with Crippen molar-refractivity contribution in [2.45, 2.75) is 45.1 Å². The summed E-state index contributed by atoms with van der Waals surface area (Å²) >= 11 is 0. The van der Waals surface area contributed by atoms with Gasteiger partial charge in [-0.2, -0.15) is 0 Å². The summed E-state index contributed by atoms with van der Waals surface area (Å²) in [5.41, 5.74) is 1.39. The first-order valence-electron chi connectivity index (χ1n) is 8.39. The molecule has 0 radical (unpaired) electrons. The fraction of sp³-hybridized carbons (Fsp3) is 0.611. The van der Waals surface area contributed by atoms with E-state index in [-0.39, 0.29) is 18.7 Å². The van der Waals surface area contributed by atoms with Gasteiger partial charge in [-0.25, -0.2) is 4.79 Å². The molecule has 0 spiro atoms. The third-order valence-electron chi connectivity index (χ3n) is 4.43. The third kappa shape index (κ3) is 5.34. The molecule has 2 N–H and O–H groups in total. The smallest absolute Gasteiger partial charge is 0.317 e. The molecular formula is C18H28N2O2. The first-order valence-corrected chi connectivity index (χ1v) is 8.39. The Bertz CT molecular complexity index is 442. The van der Waals surface area contributed by atoms with Gasteiger partial charge in [0.1, 0.15) is 0 Å². The highest BCUT2D eigenvalue weighted by atomic mass is 16.3. The van der Waals surface area contributed by atoms with Gasteiger partial charge in [0.2, 0.25) is 0 Å². The molecule has 22 heavy (non-hydrogen) atoms. The van der Waals surface area contributed by atoms with Crippen molar-refractivity contribution in [3.05, 3.63) is 35.9 Å². The molecule has 2 amide bonds. The monoisotopic (exact) mass is 304 g/mol. The first-order chi connectivity index (χ1) is 10.7. The van der Waals surface area contributed by atoms with Crippen LogP contribution in [0.4, 0.5) is 4.79 Å². The second-order valence-electron chi connectivity index (χ2n) is 6.34. The zero-order valence-electron chi connectivity index (χ0n) is 13.5. The van der Waals surface area contributed by atoms with Crippen LogP contribution in [0.15, 0.2) is 30.3 Å². The second kappa shape index (κ2) is 8.79. The summed E-state index contributed by atoms with van der Waals surface area (Å²) < 4.78 is 0. The van der Waals surface area contributed by atoms with Crippen LogP contribution in [0.1, 0.15) is 38.2 Å². The van der Waals surface area contributed by atoms with Crippen LogP contribution in [0.2, 0.25) is 0 Å². The van der Waals surface area contributed by atoms with Crippen LogP contribution in [-0.2, 0) is 6.42 Å². The summed E-state index contributed by atoms with van der Waals surface area (Å²) in [6.45, 7) is 3.87. The molecule has 1 saturated heterocycles. The minimum Gasteiger partial charge on any atom is -0.396 e. The summed E-state index contributed by atoms with van der Waals surface area (Å²) in [4.78, 5) is 14.1. The van der Waals surface area contributed by atoms with Crippen molar-refractivity contribution in [2.75, 3.05) is 19.7 Å². The number of carbonyl (C=O) groups excluding carboxylic acids is 1. The number of rotatable bonds is 6. The molecule has 1 fully saturated rings. The van der Waals surface area contributed by atoms with E-state index in [0.717, 1.165) is 45.2 Å². The zero-order valence-corrected chi connectivity index (χ0v) is 13.5. The minimum atomic E-state index is 0.0450. The maximum Gasteiger partial charge on any atom is 0.317 e. The third-order valence-corrected chi connectivity index (χ3v) is 4.43. The molecule has 1 aromatic carbocycles. The van der Waals surface area contributed by atoms with Gasteiger partial charge in [-0.15, -0.1) is 0 Å². The molecule has 0 bridgehead atoms. The lowest BCUT2D eigenvalue weighted by atomic mass is 9.90. The predicted octanol–water partition coefficient (Wildman–Crippen LogP) is 2.81. The minimum absolute atomic E-state index is 0.0450. The van der Waals surface area contributed by atoms with Crippen molar-refractivity contribution in [2.24, 2.45) is 5.92 Å². The molecule has 4 heteroatoms. The van der Waals surface area contributed by atoms with Crippen LogP contribution in [0.3, 0.4) is 0 Å². The molecule has 0 aromatic heterocycles. The Morgan fingerprint density at radius 3 is 2.64 bits per heavy atom. The van der Waals surface area contributed by atoms with Crippen LogP contribution in [0.5, 0.6) is 0 Å². The van der Waals surface area contributed by atoms with Crippen molar-refractivity contribution < 1.29 is 9.90 Å². The Balaban J connectivity index is 1.71. The number of nitrogens with zero attached hydrogens (tertiary/aromatic N) is 1. The van der Waals surface area contributed by atoms with Crippen LogP contribution in [0.25, 0.3) is 0 Å². The Morgan fingerprint density at radius 2 is 2.00 bits per heavy atom. The zero-order chi connectivity index (χ0) is 15.8. The standard InChI is InChI=1S/C18H28N2O2/c1-15(6-5-13-21)19-18(22)20-11-9-17(10-12-20)14-16-7-3-2-4-8-16/h2-4,7-8,15,17,21H,5-6,9-14H2,1H3,(H,19,22). The van der Waals surface area contributed by atoms with E-state index in [1.165, 1.54) is 5.56 Å². The highest BCUT2D eigenvalue weighted by Crippen LogP contribution is 2.21. The van der Waals surface area contributed by atoms with E-state index in [1.807, 2.05) is 11.8 Å². The van der Waals surface area contributed by atoms with E-state index >= 15 is 0 Å². The molecule has 1 unspecified atom stereocenters. The summed E-state index contributed by atoms with van der Waals surface area (Å²) in [6, 6.07) is 10.8. The van der Waals surface area contributed by atoms with Crippen molar-refractivity contribution >= 4 is 6.03 Å². The lowest BCUT2D eigenvalue weighted by Crippen LogP contribution is -2.47. The van der Waals surface area contributed by atoms with Crippen LogP contribution in [-0.4, -0.2) is 41.8 Å². The fourth-order valence-electron chi connectivity index (χ4n) is 3.06. The number of nitrogens with one attached hydrogen (secondary N) is 1. The number of carbonyl (C=O) groups is 1. The SMILES string of the molecule is CC(CCCO)NC(=O)N1CCC(Cc2ccccc2)CC1. The van der Waals surface area contributed by atoms with E-state index in [4.69, 9.17) is 5.11 Å². The Hall–Kier alpha value is -1.55. The molecule has 0 saturated carbocycles.